The van der Waals surface area contributed by atoms with Gasteiger partial charge in [-0.25, -0.2) is 22.9 Å². The normalized spacial score (nSPS) is 14.9. The van der Waals surface area contributed by atoms with Crippen molar-refractivity contribution < 1.29 is 22.7 Å². The maximum Gasteiger partial charge on any atom is 0.321 e. The van der Waals surface area contributed by atoms with Crippen LogP contribution in [0.25, 0.3) is 0 Å². The van der Waals surface area contributed by atoms with Gasteiger partial charge in [0.25, 0.3) is 0 Å². The van der Waals surface area contributed by atoms with Gasteiger partial charge < -0.3 is 19.7 Å². The Kier molecular flexibility index (Phi) is 7.92. The van der Waals surface area contributed by atoms with Crippen LogP contribution < -0.4 is 14.8 Å². The van der Waals surface area contributed by atoms with Gasteiger partial charge in [-0.3, -0.25) is 4.57 Å². The van der Waals surface area contributed by atoms with E-state index in [1.54, 1.807) is 30.2 Å². The molecule has 0 radical (unpaired) electrons. The molecule has 0 aliphatic carbocycles. The van der Waals surface area contributed by atoms with E-state index in [0.717, 1.165) is 5.56 Å². The Hall–Kier alpha value is -3.41. The molecule has 36 heavy (non-hydrogen) atoms. The van der Waals surface area contributed by atoms with Gasteiger partial charge in [-0.05, 0) is 57.2 Å². The first kappa shape index (κ1) is 25.7. The molecule has 1 fully saturated rings. The number of nitrogens with one attached hydrogen (secondary N) is 2. The van der Waals surface area contributed by atoms with Crippen molar-refractivity contribution in [2.45, 2.75) is 38.3 Å². The van der Waals surface area contributed by atoms with Crippen molar-refractivity contribution in [1.82, 2.24) is 19.2 Å². The molecule has 2 N–H and O–H groups in total. The Morgan fingerprint density at radius 1 is 1.11 bits per heavy atom. The van der Waals surface area contributed by atoms with Crippen LogP contribution in [0.4, 0.5) is 10.5 Å². The number of carbonyl (C=O) groups excluding carboxylic acids is 1. The van der Waals surface area contributed by atoms with Crippen molar-refractivity contribution in [1.29, 1.82) is 0 Å². The topological polar surface area (TPSA) is 115 Å². The second kappa shape index (κ2) is 11.1. The highest BCUT2D eigenvalue weighted by molar-refractivity contribution is 7.89. The highest BCUT2D eigenvalue weighted by Gasteiger charge is 2.23. The molecule has 10 nitrogen and oxygen atoms in total. The van der Waals surface area contributed by atoms with Crippen LogP contribution >= 0.6 is 0 Å². The molecular weight excluding hydrogens is 482 g/mol. The molecule has 0 saturated carbocycles. The maximum absolute atomic E-state index is 13.0. The summed E-state index contributed by atoms with van der Waals surface area (Å²) in [6, 6.07) is 13.3. The number of imidazole rings is 1. The average molecular weight is 514 g/mol. The van der Waals surface area contributed by atoms with Gasteiger partial charge in [-0.2, -0.15) is 0 Å². The number of urea groups is 1. The Labute approximate surface area is 211 Å². The van der Waals surface area contributed by atoms with E-state index in [1.807, 2.05) is 42.7 Å². The molecule has 3 aromatic rings. The van der Waals surface area contributed by atoms with Crippen LogP contribution in [-0.4, -0.2) is 55.2 Å². The third-order valence-electron chi connectivity index (χ3n) is 5.89. The highest BCUT2D eigenvalue weighted by atomic mass is 32.2. The SMILES string of the molecule is CCn1c(C(C)NS(=O)(=O)c2ccc(NC(=O)N3CCOCC3)cc2)cnc1Oc1ccc(C)cc1. The smallest absolute Gasteiger partial charge is 0.321 e. The fraction of sp³-hybridized carbons (Fsp3) is 0.360. The number of sulfonamides is 1. The highest BCUT2D eigenvalue weighted by Crippen LogP contribution is 2.26. The van der Waals surface area contributed by atoms with Gasteiger partial charge in [-0.15, -0.1) is 0 Å². The summed E-state index contributed by atoms with van der Waals surface area (Å²) in [5, 5.41) is 2.79. The molecule has 2 heterocycles. The summed E-state index contributed by atoms with van der Waals surface area (Å²) in [7, 11) is -3.82. The summed E-state index contributed by atoms with van der Waals surface area (Å²) >= 11 is 0. The molecule has 192 valence electrons. The fourth-order valence-corrected chi connectivity index (χ4v) is 5.09. The van der Waals surface area contributed by atoms with Crippen molar-refractivity contribution in [3.63, 3.8) is 0 Å². The maximum atomic E-state index is 13.0. The molecule has 4 rings (SSSR count). The lowest BCUT2D eigenvalue weighted by molar-refractivity contribution is 0.0564. The van der Waals surface area contributed by atoms with E-state index in [9.17, 15) is 13.2 Å². The molecule has 1 aliphatic rings. The van der Waals surface area contributed by atoms with Gasteiger partial charge in [0.1, 0.15) is 5.75 Å². The van der Waals surface area contributed by atoms with Crippen molar-refractivity contribution in [3.8, 4) is 11.8 Å². The van der Waals surface area contributed by atoms with E-state index in [0.29, 0.717) is 56.0 Å². The summed E-state index contributed by atoms with van der Waals surface area (Å²) in [6.07, 6.45) is 1.62. The molecule has 1 atom stereocenters. The zero-order valence-electron chi connectivity index (χ0n) is 20.6. The van der Waals surface area contributed by atoms with Crippen LogP contribution in [-0.2, 0) is 21.3 Å². The first-order valence-electron chi connectivity index (χ1n) is 11.8. The molecule has 1 unspecified atom stereocenters. The van der Waals surface area contributed by atoms with E-state index in [2.05, 4.69) is 15.0 Å². The minimum atomic E-state index is -3.82. The van der Waals surface area contributed by atoms with Crippen LogP contribution in [0.1, 0.15) is 31.1 Å². The minimum Gasteiger partial charge on any atom is -0.426 e. The summed E-state index contributed by atoms with van der Waals surface area (Å²) in [5.74, 6) is 0.654. The quantitative estimate of drug-likeness (QED) is 0.472. The van der Waals surface area contributed by atoms with E-state index >= 15 is 0 Å². The van der Waals surface area contributed by atoms with E-state index in [-0.39, 0.29) is 10.9 Å². The first-order valence-corrected chi connectivity index (χ1v) is 13.3. The largest absolute Gasteiger partial charge is 0.426 e. The van der Waals surface area contributed by atoms with Gasteiger partial charge in [0.2, 0.25) is 10.0 Å². The van der Waals surface area contributed by atoms with E-state index in [1.165, 1.54) is 12.1 Å². The Balaban J connectivity index is 1.42. The summed E-state index contributed by atoms with van der Waals surface area (Å²) in [4.78, 5) is 18.5. The third-order valence-corrected chi connectivity index (χ3v) is 7.44. The van der Waals surface area contributed by atoms with E-state index < -0.39 is 16.1 Å². The summed E-state index contributed by atoms with van der Waals surface area (Å²) in [5.41, 5.74) is 2.32. The molecule has 11 heteroatoms. The fourth-order valence-electron chi connectivity index (χ4n) is 3.88. The Morgan fingerprint density at radius 3 is 2.42 bits per heavy atom. The number of aryl methyl sites for hydroxylation is 1. The number of hydrogen-bond donors (Lipinski definition) is 2. The molecule has 0 spiro atoms. The van der Waals surface area contributed by atoms with Crippen molar-refractivity contribution in [2.24, 2.45) is 0 Å². The van der Waals surface area contributed by atoms with Crippen molar-refractivity contribution >= 4 is 21.7 Å². The van der Waals surface area contributed by atoms with Crippen LogP contribution in [0.5, 0.6) is 11.8 Å². The lowest BCUT2D eigenvalue weighted by atomic mass is 10.2. The zero-order valence-corrected chi connectivity index (χ0v) is 21.4. The number of hydrogen-bond acceptors (Lipinski definition) is 6. The number of amides is 2. The van der Waals surface area contributed by atoms with Gasteiger partial charge in [-0.1, -0.05) is 17.7 Å². The van der Waals surface area contributed by atoms with Gasteiger partial charge in [0, 0.05) is 25.3 Å². The average Bonchev–Trinajstić information content (AvgIpc) is 3.28. The lowest BCUT2D eigenvalue weighted by Crippen LogP contribution is -2.43. The number of rotatable bonds is 8. The summed E-state index contributed by atoms with van der Waals surface area (Å²) in [6.45, 7) is 8.30. The van der Waals surface area contributed by atoms with E-state index in [4.69, 9.17) is 9.47 Å². The first-order chi connectivity index (χ1) is 17.3. The molecule has 2 aromatic carbocycles. The van der Waals surface area contributed by atoms with Crippen molar-refractivity contribution in [2.75, 3.05) is 31.6 Å². The molecule has 1 saturated heterocycles. The number of benzene rings is 2. The third kappa shape index (κ3) is 6.04. The zero-order chi connectivity index (χ0) is 25.7. The number of nitrogens with zero attached hydrogens (tertiary/aromatic N) is 3. The monoisotopic (exact) mass is 513 g/mol. The molecule has 1 aliphatic heterocycles. The van der Waals surface area contributed by atoms with Gasteiger partial charge in [0.15, 0.2) is 0 Å². The number of carbonyl (C=O) groups is 1. The molecular formula is C25H31N5O5S. The predicted molar refractivity (Wildman–Crippen MR) is 136 cm³/mol. The van der Waals surface area contributed by atoms with Crippen LogP contribution in [0, 0.1) is 6.92 Å². The molecule has 1 aromatic heterocycles. The van der Waals surface area contributed by atoms with Crippen LogP contribution in [0.15, 0.2) is 59.6 Å². The second-order valence-corrected chi connectivity index (χ2v) is 10.2. The summed E-state index contributed by atoms with van der Waals surface area (Å²) < 4.78 is 41.8. The van der Waals surface area contributed by atoms with Crippen molar-refractivity contribution in [3.05, 3.63) is 66.0 Å². The van der Waals surface area contributed by atoms with Crippen LogP contribution in [0.3, 0.4) is 0 Å². The minimum absolute atomic E-state index is 0.0948. The standard InChI is InChI=1S/C25H31N5O5S/c1-4-30-23(17-26-25(30)35-21-9-5-18(2)6-10-21)19(3)28-36(32,33)22-11-7-20(8-12-22)27-24(31)29-13-15-34-16-14-29/h5-12,17,19,28H,4,13-16H2,1-3H3,(H,27,31). The lowest BCUT2D eigenvalue weighted by Gasteiger charge is -2.26. The van der Waals surface area contributed by atoms with Gasteiger partial charge in [0.05, 0.1) is 36.0 Å². The number of ether oxygens (including phenoxy) is 2. The molecule has 0 bridgehead atoms. The predicted octanol–water partition coefficient (Wildman–Crippen LogP) is 3.91. The van der Waals surface area contributed by atoms with Crippen LogP contribution in [0.2, 0.25) is 0 Å². The Bertz CT molecular complexity index is 1280. The number of aromatic nitrogens is 2. The van der Waals surface area contributed by atoms with Gasteiger partial charge >= 0.3 is 12.0 Å². The molecule has 2 amide bonds. The number of morpholine rings is 1. The Morgan fingerprint density at radius 2 is 1.78 bits per heavy atom. The number of anilines is 1. The second-order valence-electron chi connectivity index (χ2n) is 8.52.